The Morgan fingerprint density at radius 1 is 0.491 bits per heavy atom. The standard InChI is InChI=1S/C55H51NO/c1-33(2)44-29-35(34-21-23-36(24-22-34)53(3,4)5)30-45-43-17-14-20-50(52(43)57-51(44)45)56(37-25-27-41-39-15-10-12-18-46(39)54(6,7)48(41)31-37)38-26-28-42-40-16-11-13-19-47(40)55(8,9)49(42)32-38/h10-33H,1-9H3. The molecule has 0 unspecified atom stereocenters. The van der Waals surface area contributed by atoms with Gasteiger partial charge in [-0.2, -0.15) is 0 Å². The topological polar surface area (TPSA) is 16.4 Å². The molecule has 0 radical (unpaired) electrons. The Balaban J connectivity index is 1.20. The van der Waals surface area contributed by atoms with Crippen molar-refractivity contribution in [3.63, 3.8) is 0 Å². The molecule has 2 nitrogen and oxygen atoms in total. The number of fused-ring (bicyclic) bond motifs is 9. The van der Waals surface area contributed by atoms with Crippen LogP contribution in [-0.2, 0) is 16.2 Å². The zero-order valence-corrected chi connectivity index (χ0v) is 34.7. The van der Waals surface area contributed by atoms with Crippen LogP contribution < -0.4 is 4.90 Å². The maximum Gasteiger partial charge on any atom is 0.159 e. The van der Waals surface area contributed by atoms with Gasteiger partial charge in [0.15, 0.2) is 5.58 Å². The quantitative estimate of drug-likeness (QED) is 0.175. The van der Waals surface area contributed by atoms with Crippen molar-refractivity contribution in [1.29, 1.82) is 0 Å². The average Bonchev–Trinajstić information content (AvgIpc) is 3.77. The van der Waals surface area contributed by atoms with E-state index in [-0.39, 0.29) is 22.2 Å². The lowest BCUT2D eigenvalue weighted by Gasteiger charge is -2.29. The van der Waals surface area contributed by atoms with E-state index in [0.29, 0.717) is 0 Å². The molecule has 0 fully saturated rings. The van der Waals surface area contributed by atoms with Crippen LogP contribution in [0.15, 0.2) is 144 Å². The number of para-hydroxylation sites is 1. The summed E-state index contributed by atoms with van der Waals surface area (Å²) >= 11 is 0. The molecule has 0 bridgehead atoms. The van der Waals surface area contributed by atoms with E-state index in [2.05, 4.69) is 207 Å². The second-order valence-corrected chi connectivity index (χ2v) is 18.8. The predicted octanol–water partition coefficient (Wildman–Crippen LogP) is 15.8. The maximum atomic E-state index is 7.18. The van der Waals surface area contributed by atoms with E-state index in [9.17, 15) is 0 Å². The van der Waals surface area contributed by atoms with E-state index in [1.807, 2.05) is 0 Å². The van der Waals surface area contributed by atoms with Gasteiger partial charge in [-0.15, -0.1) is 0 Å². The number of furan rings is 1. The van der Waals surface area contributed by atoms with Gasteiger partial charge >= 0.3 is 0 Å². The highest BCUT2D eigenvalue weighted by Crippen LogP contribution is 2.54. The third-order valence-electron chi connectivity index (χ3n) is 13.2. The summed E-state index contributed by atoms with van der Waals surface area (Å²) in [4.78, 5) is 2.45. The van der Waals surface area contributed by atoms with Gasteiger partial charge in [-0.1, -0.05) is 159 Å². The molecule has 2 heteroatoms. The third-order valence-corrected chi connectivity index (χ3v) is 13.2. The number of hydrogen-bond donors (Lipinski definition) is 0. The van der Waals surface area contributed by atoms with Crippen LogP contribution in [0.5, 0.6) is 0 Å². The molecule has 1 heterocycles. The minimum atomic E-state index is -0.131. The number of nitrogens with zero attached hydrogens (tertiary/aromatic N) is 1. The zero-order valence-electron chi connectivity index (χ0n) is 34.7. The van der Waals surface area contributed by atoms with Gasteiger partial charge in [-0.3, -0.25) is 0 Å². The van der Waals surface area contributed by atoms with Crippen LogP contribution in [-0.4, -0.2) is 0 Å². The first kappa shape index (κ1) is 35.5. The molecule has 0 amide bonds. The highest BCUT2D eigenvalue weighted by atomic mass is 16.3. The first-order valence-corrected chi connectivity index (χ1v) is 20.6. The summed E-state index contributed by atoms with van der Waals surface area (Å²) in [5.74, 6) is 0.280. The molecule has 0 spiro atoms. The minimum absolute atomic E-state index is 0.103. The van der Waals surface area contributed by atoms with Crippen molar-refractivity contribution in [1.82, 2.24) is 0 Å². The van der Waals surface area contributed by atoms with E-state index in [1.165, 1.54) is 66.8 Å². The highest BCUT2D eigenvalue weighted by Gasteiger charge is 2.38. The molecule has 7 aromatic carbocycles. The van der Waals surface area contributed by atoms with Crippen molar-refractivity contribution in [3.05, 3.63) is 173 Å². The number of benzene rings is 7. The van der Waals surface area contributed by atoms with Crippen molar-refractivity contribution >= 4 is 39.0 Å². The summed E-state index contributed by atoms with van der Waals surface area (Å²) in [5.41, 5.74) is 20.8. The summed E-state index contributed by atoms with van der Waals surface area (Å²) in [7, 11) is 0. The molecule has 0 atom stereocenters. The molecule has 57 heavy (non-hydrogen) atoms. The average molecular weight is 742 g/mol. The molecule has 282 valence electrons. The molecule has 0 saturated carbocycles. The van der Waals surface area contributed by atoms with Gasteiger partial charge < -0.3 is 9.32 Å². The monoisotopic (exact) mass is 741 g/mol. The van der Waals surface area contributed by atoms with E-state index < -0.39 is 0 Å². The molecule has 2 aliphatic carbocycles. The first-order chi connectivity index (χ1) is 27.2. The van der Waals surface area contributed by atoms with Crippen molar-refractivity contribution in [3.8, 4) is 33.4 Å². The molecule has 2 aliphatic rings. The summed E-state index contributed by atoms with van der Waals surface area (Å²) in [6, 6.07) is 52.5. The van der Waals surface area contributed by atoms with Crippen LogP contribution in [0.3, 0.4) is 0 Å². The van der Waals surface area contributed by atoms with Crippen molar-refractivity contribution in [2.75, 3.05) is 4.90 Å². The lowest BCUT2D eigenvalue weighted by atomic mass is 9.82. The van der Waals surface area contributed by atoms with Gasteiger partial charge in [0.2, 0.25) is 0 Å². The molecule has 0 N–H and O–H groups in total. The number of hydrogen-bond acceptors (Lipinski definition) is 2. The fourth-order valence-electron chi connectivity index (χ4n) is 9.94. The Kier molecular flexibility index (Phi) is 7.68. The van der Waals surface area contributed by atoms with Gasteiger partial charge in [0.25, 0.3) is 0 Å². The van der Waals surface area contributed by atoms with Gasteiger partial charge in [0, 0.05) is 33.0 Å². The summed E-state index contributed by atoms with van der Waals surface area (Å²) < 4.78 is 7.18. The molecule has 8 aromatic rings. The smallest absolute Gasteiger partial charge is 0.159 e. The van der Waals surface area contributed by atoms with Crippen LogP contribution in [0.1, 0.15) is 102 Å². The van der Waals surface area contributed by atoms with Crippen LogP contribution in [0.4, 0.5) is 17.1 Å². The lowest BCUT2D eigenvalue weighted by Crippen LogP contribution is -2.18. The second kappa shape index (κ2) is 12.3. The summed E-state index contributed by atoms with van der Waals surface area (Å²) in [6.07, 6.45) is 0. The molecule has 1 aromatic heterocycles. The lowest BCUT2D eigenvalue weighted by molar-refractivity contribution is 0.590. The largest absolute Gasteiger partial charge is 0.454 e. The predicted molar refractivity (Wildman–Crippen MR) is 242 cm³/mol. The van der Waals surface area contributed by atoms with Gasteiger partial charge in [-0.25, -0.2) is 0 Å². The van der Waals surface area contributed by atoms with E-state index in [4.69, 9.17) is 4.42 Å². The molecule has 0 saturated heterocycles. The second-order valence-electron chi connectivity index (χ2n) is 18.8. The zero-order chi connectivity index (χ0) is 39.6. The fraction of sp³-hybridized carbons (Fsp3) is 0.236. The molecule has 0 aliphatic heterocycles. The van der Waals surface area contributed by atoms with E-state index >= 15 is 0 Å². The molecular formula is C55H51NO. The van der Waals surface area contributed by atoms with Crippen molar-refractivity contribution in [2.24, 2.45) is 0 Å². The fourth-order valence-corrected chi connectivity index (χ4v) is 9.94. The Bertz CT molecular complexity index is 2800. The van der Waals surface area contributed by atoms with E-state index in [0.717, 1.165) is 39.0 Å². The molecule has 10 rings (SSSR count). The Morgan fingerprint density at radius 3 is 1.58 bits per heavy atom. The Morgan fingerprint density at radius 2 is 1.04 bits per heavy atom. The van der Waals surface area contributed by atoms with Gasteiger partial charge in [-0.05, 0) is 121 Å². The number of anilines is 3. The van der Waals surface area contributed by atoms with Gasteiger partial charge in [0.05, 0.1) is 5.69 Å². The highest BCUT2D eigenvalue weighted by molar-refractivity contribution is 6.12. The van der Waals surface area contributed by atoms with Gasteiger partial charge in [0.1, 0.15) is 5.58 Å². The summed E-state index contributed by atoms with van der Waals surface area (Å²) in [6.45, 7) is 20.8. The Hall–Kier alpha value is -5.86. The van der Waals surface area contributed by atoms with Crippen LogP contribution in [0.2, 0.25) is 0 Å². The third kappa shape index (κ3) is 5.29. The normalized spacial score (nSPS) is 14.8. The summed E-state index contributed by atoms with van der Waals surface area (Å²) in [5, 5.41) is 2.29. The van der Waals surface area contributed by atoms with E-state index in [1.54, 1.807) is 0 Å². The van der Waals surface area contributed by atoms with Crippen molar-refractivity contribution in [2.45, 2.75) is 84.5 Å². The van der Waals surface area contributed by atoms with Crippen molar-refractivity contribution < 1.29 is 4.42 Å². The van der Waals surface area contributed by atoms with Crippen LogP contribution in [0, 0.1) is 0 Å². The van der Waals surface area contributed by atoms with Crippen LogP contribution in [0.25, 0.3) is 55.3 Å². The molecular weight excluding hydrogens is 691 g/mol. The first-order valence-electron chi connectivity index (χ1n) is 20.6. The number of rotatable bonds is 5. The SMILES string of the molecule is CC(C)c1cc(-c2ccc(C(C)(C)C)cc2)cc2c1oc1c(N(c3ccc4c(c3)C(C)(C)c3ccccc3-4)c3ccc4c(c3)C(C)(C)c3ccccc3-4)cccc12. The Labute approximate surface area is 337 Å². The maximum absolute atomic E-state index is 7.18. The van der Waals surface area contributed by atoms with Crippen LogP contribution >= 0.6 is 0 Å². The minimum Gasteiger partial charge on any atom is -0.454 e.